The van der Waals surface area contributed by atoms with Gasteiger partial charge in [0, 0.05) is 12.6 Å². The number of thioether (sulfide) groups is 1. The van der Waals surface area contributed by atoms with Gasteiger partial charge in [0.1, 0.15) is 11.1 Å². The van der Waals surface area contributed by atoms with Crippen LogP contribution < -0.4 is 5.32 Å². The number of hydrogen-bond donors (Lipinski definition) is 1. The van der Waals surface area contributed by atoms with Gasteiger partial charge in [-0.15, -0.1) is 5.10 Å². The molecule has 0 unspecified atom stereocenters. The first-order valence-electron chi connectivity index (χ1n) is 8.79. The monoisotopic (exact) mass is 377 g/mol. The van der Waals surface area contributed by atoms with Crippen LogP contribution in [0.15, 0.2) is 29.4 Å². The summed E-state index contributed by atoms with van der Waals surface area (Å²) < 4.78 is 20.6. The number of amides is 1. The van der Waals surface area contributed by atoms with Crippen LogP contribution in [0.25, 0.3) is 0 Å². The van der Waals surface area contributed by atoms with E-state index in [1.165, 1.54) is 23.9 Å². The largest absolute Gasteiger partial charge is 0.376 e. The molecule has 1 saturated carbocycles. The van der Waals surface area contributed by atoms with Crippen molar-refractivity contribution < 1.29 is 13.9 Å². The van der Waals surface area contributed by atoms with Gasteiger partial charge in [0.2, 0.25) is 11.1 Å². The third-order valence-corrected chi connectivity index (χ3v) is 5.68. The van der Waals surface area contributed by atoms with E-state index in [4.69, 9.17) is 4.74 Å². The van der Waals surface area contributed by atoms with E-state index in [0.717, 1.165) is 37.9 Å². The van der Waals surface area contributed by atoms with Crippen molar-refractivity contribution in [3.63, 3.8) is 0 Å². The molecule has 0 radical (unpaired) electrons. The first kappa shape index (κ1) is 17.4. The molecule has 2 fully saturated rings. The Labute approximate surface area is 154 Å². The zero-order chi connectivity index (χ0) is 17.9. The van der Waals surface area contributed by atoms with Crippen LogP contribution in [0.3, 0.4) is 0 Å². The fourth-order valence-corrected chi connectivity index (χ4v) is 3.89. The van der Waals surface area contributed by atoms with Gasteiger partial charge in [0.05, 0.1) is 12.6 Å². The van der Waals surface area contributed by atoms with Crippen LogP contribution in [0.2, 0.25) is 0 Å². The molecule has 1 aliphatic carbocycles. The highest BCUT2D eigenvalue weighted by atomic mass is 32.2. The van der Waals surface area contributed by atoms with Crippen LogP contribution in [-0.4, -0.2) is 44.9 Å². The summed E-state index contributed by atoms with van der Waals surface area (Å²) in [5, 5.41) is 14.9. The second-order valence-electron chi connectivity index (χ2n) is 6.61. The molecule has 2 atom stereocenters. The summed E-state index contributed by atoms with van der Waals surface area (Å²) in [5.74, 6) is -0.431. The van der Waals surface area contributed by atoms with Crippen LogP contribution in [0, 0.1) is 5.82 Å². The van der Waals surface area contributed by atoms with Gasteiger partial charge < -0.3 is 10.1 Å². The molecule has 2 aromatic rings. The summed E-state index contributed by atoms with van der Waals surface area (Å²) in [4.78, 5) is 12.7. The van der Waals surface area contributed by atoms with Crippen molar-refractivity contribution >= 4 is 17.7 Å². The van der Waals surface area contributed by atoms with Crippen LogP contribution >= 0.6 is 11.8 Å². The van der Waals surface area contributed by atoms with Gasteiger partial charge in [0.25, 0.3) is 0 Å². The molecule has 138 valence electrons. The summed E-state index contributed by atoms with van der Waals surface area (Å²) in [6.07, 6.45) is 4.12. The molecule has 0 bridgehead atoms. The third kappa shape index (κ3) is 4.21. The quantitative estimate of drug-likeness (QED) is 0.744. The molecule has 1 aliphatic heterocycles. The zero-order valence-corrected chi connectivity index (χ0v) is 15.0. The van der Waals surface area contributed by atoms with Gasteiger partial charge in [-0.25, -0.2) is 9.07 Å². The van der Waals surface area contributed by atoms with Crippen molar-refractivity contribution in [3.8, 4) is 0 Å². The van der Waals surface area contributed by atoms with Gasteiger partial charge in [-0.2, -0.15) is 0 Å². The molecule has 1 amide bonds. The number of halogens is 1. The van der Waals surface area contributed by atoms with Gasteiger partial charge >= 0.3 is 0 Å². The molecule has 9 heteroatoms. The Morgan fingerprint density at radius 2 is 2.15 bits per heavy atom. The van der Waals surface area contributed by atoms with E-state index in [9.17, 15) is 9.18 Å². The molecule has 26 heavy (non-hydrogen) atoms. The van der Waals surface area contributed by atoms with Crippen molar-refractivity contribution in [1.29, 1.82) is 0 Å². The third-order valence-electron chi connectivity index (χ3n) is 4.46. The number of rotatable bonds is 7. The lowest BCUT2D eigenvalue weighted by Crippen LogP contribution is -2.30. The molecule has 2 heterocycles. The SMILES string of the molecule is O=C(NC1CC1)[C@@H](Sc1nnnn1C[C@H]1CCCO1)c1ccc(F)cc1. The average molecular weight is 377 g/mol. The smallest absolute Gasteiger partial charge is 0.238 e. The topological polar surface area (TPSA) is 81.9 Å². The summed E-state index contributed by atoms with van der Waals surface area (Å²) in [7, 11) is 0. The number of ether oxygens (including phenoxy) is 1. The molecule has 1 N–H and O–H groups in total. The summed E-state index contributed by atoms with van der Waals surface area (Å²) in [5.41, 5.74) is 0.723. The van der Waals surface area contributed by atoms with Gasteiger partial charge in [-0.05, 0) is 53.8 Å². The molecule has 1 aromatic carbocycles. The maximum absolute atomic E-state index is 13.3. The lowest BCUT2D eigenvalue weighted by atomic mass is 10.1. The Morgan fingerprint density at radius 1 is 1.35 bits per heavy atom. The summed E-state index contributed by atoms with van der Waals surface area (Å²) in [6.45, 7) is 1.33. The predicted molar refractivity (Wildman–Crippen MR) is 93.0 cm³/mol. The zero-order valence-electron chi connectivity index (χ0n) is 14.2. The summed E-state index contributed by atoms with van der Waals surface area (Å²) in [6, 6.07) is 6.24. The fourth-order valence-electron chi connectivity index (χ4n) is 2.90. The fraction of sp³-hybridized carbons (Fsp3) is 0.529. The second kappa shape index (κ2) is 7.71. The van der Waals surface area contributed by atoms with Gasteiger partial charge in [0.15, 0.2) is 0 Å². The van der Waals surface area contributed by atoms with E-state index >= 15 is 0 Å². The van der Waals surface area contributed by atoms with Crippen LogP contribution in [0.4, 0.5) is 4.39 Å². The lowest BCUT2D eigenvalue weighted by Gasteiger charge is -2.17. The Morgan fingerprint density at radius 3 is 2.85 bits per heavy atom. The molecular weight excluding hydrogens is 357 g/mol. The average Bonchev–Trinajstić information content (AvgIpc) is 3.11. The van der Waals surface area contributed by atoms with E-state index in [1.807, 2.05) is 0 Å². The van der Waals surface area contributed by atoms with Crippen molar-refractivity contribution in [1.82, 2.24) is 25.5 Å². The van der Waals surface area contributed by atoms with E-state index < -0.39 is 5.25 Å². The Balaban J connectivity index is 1.53. The normalized spacial score (nSPS) is 20.9. The first-order valence-corrected chi connectivity index (χ1v) is 9.67. The standard InChI is InChI=1S/C17H20FN5O2S/c18-12-5-3-11(4-6-12)15(16(24)19-13-7-8-13)26-17-20-21-22-23(17)10-14-2-1-9-25-14/h3-6,13-15H,1-2,7-10H2,(H,19,24)/t14-,15+/m1/s1. The highest BCUT2D eigenvalue weighted by molar-refractivity contribution is 8.00. The highest BCUT2D eigenvalue weighted by Crippen LogP contribution is 2.35. The molecule has 4 rings (SSSR count). The number of tetrazole rings is 1. The minimum atomic E-state index is -0.537. The van der Waals surface area contributed by atoms with E-state index in [1.54, 1.807) is 16.8 Å². The van der Waals surface area contributed by atoms with Crippen molar-refractivity contribution in [2.75, 3.05) is 6.61 Å². The van der Waals surface area contributed by atoms with Crippen molar-refractivity contribution in [3.05, 3.63) is 35.6 Å². The first-order chi connectivity index (χ1) is 12.7. The highest BCUT2D eigenvalue weighted by Gasteiger charge is 2.31. The van der Waals surface area contributed by atoms with Gasteiger partial charge in [-0.3, -0.25) is 4.79 Å². The number of aromatic nitrogens is 4. The van der Waals surface area contributed by atoms with E-state index in [2.05, 4.69) is 20.8 Å². The molecule has 2 aliphatic rings. The number of hydrogen-bond acceptors (Lipinski definition) is 6. The number of nitrogens with zero attached hydrogens (tertiary/aromatic N) is 4. The maximum Gasteiger partial charge on any atom is 0.238 e. The Bertz CT molecular complexity index is 759. The van der Waals surface area contributed by atoms with Crippen LogP contribution in [-0.2, 0) is 16.1 Å². The Kier molecular flexibility index (Phi) is 5.16. The summed E-state index contributed by atoms with van der Waals surface area (Å²) >= 11 is 1.28. The minimum Gasteiger partial charge on any atom is -0.376 e. The second-order valence-corrected chi connectivity index (χ2v) is 7.68. The van der Waals surface area contributed by atoms with Crippen molar-refractivity contribution in [2.45, 2.75) is 54.8 Å². The number of nitrogens with one attached hydrogen (secondary N) is 1. The minimum absolute atomic E-state index is 0.0995. The molecular formula is C17H20FN5O2S. The molecule has 1 saturated heterocycles. The number of benzene rings is 1. The molecule has 1 aromatic heterocycles. The van der Waals surface area contributed by atoms with Crippen LogP contribution in [0.1, 0.15) is 36.5 Å². The molecule has 7 nitrogen and oxygen atoms in total. The number of carbonyl (C=O) groups is 1. The van der Waals surface area contributed by atoms with E-state index in [0.29, 0.717) is 11.7 Å². The van der Waals surface area contributed by atoms with Crippen molar-refractivity contribution in [2.24, 2.45) is 0 Å². The lowest BCUT2D eigenvalue weighted by molar-refractivity contribution is -0.120. The molecule has 0 spiro atoms. The predicted octanol–water partition coefficient (Wildman–Crippen LogP) is 2.10. The van der Waals surface area contributed by atoms with Gasteiger partial charge in [-0.1, -0.05) is 23.9 Å². The Hall–Kier alpha value is -2.00. The van der Waals surface area contributed by atoms with Crippen LogP contribution in [0.5, 0.6) is 0 Å². The number of carbonyl (C=O) groups excluding carboxylic acids is 1. The van der Waals surface area contributed by atoms with E-state index in [-0.39, 0.29) is 23.9 Å². The maximum atomic E-state index is 13.3.